The van der Waals surface area contributed by atoms with Crippen molar-refractivity contribution in [3.63, 3.8) is 0 Å². The van der Waals surface area contributed by atoms with Gasteiger partial charge in [-0.3, -0.25) is 9.59 Å². The van der Waals surface area contributed by atoms with Crippen LogP contribution in [0.2, 0.25) is 0 Å². The van der Waals surface area contributed by atoms with Crippen molar-refractivity contribution in [1.29, 1.82) is 0 Å². The summed E-state index contributed by atoms with van der Waals surface area (Å²) in [6.45, 7) is 2.55. The molecular formula is C21H23N3O2. The van der Waals surface area contributed by atoms with Gasteiger partial charge in [-0.2, -0.15) is 0 Å². The summed E-state index contributed by atoms with van der Waals surface area (Å²) in [6, 6.07) is 17.8. The van der Waals surface area contributed by atoms with E-state index in [0.29, 0.717) is 19.5 Å². The van der Waals surface area contributed by atoms with E-state index >= 15 is 0 Å². The summed E-state index contributed by atoms with van der Waals surface area (Å²) in [5.74, 6) is -0.248. The molecule has 1 aromatic heterocycles. The first-order chi connectivity index (χ1) is 12.6. The first-order valence-corrected chi connectivity index (χ1v) is 8.74. The molecule has 134 valence electrons. The van der Waals surface area contributed by atoms with E-state index in [1.54, 1.807) is 4.90 Å². The minimum absolute atomic E-state index is 0.0739. The van der Waals surface area contributed by atoms with Crippen LogP contribution >= 0.6 is 0 Å². The largest absolute Gasteiger partial charge is 0.361 e. The zero-order valence-corrected chi connectivity index (χ0v) is 14.9. The lowest BCUT2D eigenvalue weighted by atomic mass is 10.1. The molecule has 26 heavy (non-hydrogen) atoms. The van der Waals surface area contributed by atoms with Gasteiger partial charge in [0.1, 0.15) is 0 Å². The van der Waals surface area contributed by atoms with Crippen molar-refractivity contribution >= 4 is 22.7 Å². The van der Waals surface area contributed by atoms with Crippen molar-refractivity contribution in [1.82, 2.24) is 15.2 Å². The third kappa shape index (κ3) is 4.51. The second-order valence-electron chi connectivity index (χ2n) is 6.31. The molecule has 5 heteroatoms. The Hall–Kier alpha value is -3.08. The number of amides is 2. The predicted molar refractivity (Wildman–Crippen MR) is 103 cm³/mol. The number of aromatic amines is 1. The second kappa shape index (κ2) is 8.34. The molecule has 0 saturated heterocycles. The fraction of sp³-hybridized carbons (Fsp3) is 0.238. The van der Waals surface area contributed by atoms with Gasteiger partial charge in [0.15, 0.2) is 0 Å². The molecule has 2 aromatic carbocycles. The summed E-state index contributed by atoms with van der Waals surface area (Å²) < 4.78 is 0. The summed E-state index contributed by atoms with van der Waals surface area (Å²) in [7, 11) is 0. The maximum Gasteiger partial charge on any atom is 0.239 e. The molecule has 0 aliphatic heterocycles. The van der Waals surface area contributed by atoms with Gasteiger partial charge in [0, 0.05) is 37.1 Å². The molecule has 0 radical (unpaired) electrons. The van der Waals surface area contributed by atoms with Crippen LogP contribution in [-0.4, -0.2) is 34.8 Å². The van der Waals surface area contributed by atoms with E-state index in [0.717, 1.165) is 22.0 Å². The molecule has 3 rings (SSSR count). The van der Waals surface area contributed by atoms with E-state index in [1.807, 2.05) is 54.7 Å². The fourth-order valence-electron chi connectivity index (χ4n) is 2.97. The van der Waals surface area contributed by atoms with Crippen molar-refractivity contribution < 1.29 is 9.59 Å². The van der Waals surface area contributed by atoms with E-state index in [2.05, 4.69) is 16.4 Å². The molecule has 2 N–H and O–H groups in total. The fourth-order valence-corrected chi connectivity index (χ4v) is 2.97. The number of hydrogen-bond donors (Lipinski definition) is 2. The number of aromatic nitrogens is 1. The first-order valence-electron chi connectivity index (χ1n) is 8.74. The minimum Gasteiger partial charge on any atom is -0.361 e. The molecule has 2 amide bonds. The average Bonchev–Trinajstić information content (AvgIpc) is 3.07. The average molecular weight is 349 g/mol. The van der Waals surface area contributed by atoms with Crippen molar-refractivity contribution in [3.05, 3.63) is 71.9 Å². The molecular weight excluding hydrogens is 326 g/mol. The highest BCUT2D eigenvalue weighted by Crippen LogP contribution is 2.18. The van der Waals surface area contributed by atoms with Crippen LogP contribution in [0.4, 0.5) is 0 Å². The lowest BCUT2D eigenvalue weighted by Gasteiger charge is -2.20. The van der Waals surface area contributed by atoms with Crippen LogP contribution in [0, 0.1) is 0 Å². The summed E-state index contributed by atoms with van der Waals surface area (Å²) in [4.78, 5) is 28.9. The molecule has 0 spiro atoms. The van der Waals surface area contributed by atoms with Crippen LogP contribution in [0.1, 0.15) is 18.1 Å². The number of fused-ring (bicyclic) bond motifs is 1. The summed E-state index contributed by atoms with van der Waals surface area (Å²) >= 11 is 0. The Morgan fingerprint density at radius 1 is 1.04 bits per heavy atom. The molecule has 0 aliphatic rings. The summed E-state index contributed by atoms with van der Waals surface area (Å²) in [5, 5.41) is 4.03. The van der Waals surface area contributed by atoms with E-state index in [9.17, 15) is 9.59 Å². The standard InChI is InChI=1S/C21H23N3O2/c1-16(25)24(15-21(26)23-13-17-7-3-2-4-8-17)12-11-18-14-22-20-10-6-5-9-19(18)20/h2-10,14,22H,11-13,15H2,1H3,(H,23,26). The van der Waals surface area contributed by atoms with Crippen LogP contribution < -0.4 is 5.32 Å². The van der Waals surface area contributed by atoms with Crippen molar-refractivity contribution in [2.45, 2.75) is 19.9 Å². The van der Waals surface area contributed by atoms with Crippen LogP contribution in [-0.2, 0) is 22.6 Å². The van der Waals surface area contributed by atoms with Crippen molar-refractivity contribution in [2.75, 3.05) is 13.1 Å². The zero-order valence-electron chi connectivity index (χ0n) is 14.9. The van der Waals surface area contributed by atoms with Crippen molar-refractivity contribution in [3.8, 4) is 0 Å². The Morgan fingerprint density at radius 2 is 1.77 bits per heavy atom. The normalized spacial score (nSPS) is 10.7. The maximum atomic E-state index is 12.2. The monoisotopic (exact) mass is 349 g/mol. The molecule has 5 nitrogen and oxygen atoms in total. The van der Waals surface area contributed by atoms with Crippen LogP contribution in [0.25, 0.3) is 10.9 Å². The van der Waals surface area contributed by atoms with Gasteiger partial charge in [-0.25, -0.2) is 0 Å². The lowest BCUT2D eigenvalue weighted by Crippen LogP contribution is -2.40. The van der Waals surface area contributed by atoms with Gasteiger partial charge in [0.05, 0.1) is 6.54 Å². The summed E-state index contributed by atoms with van der Waals surface area (Å²) in [6.07, 6.45) is 2.67. The maximum absolute atomic E-state index is 12.2. The van der Waals surface area contributed by atoms with Crippen molar-refractivity contribution in [2.24, 2.45) is 0 Å². The quantitative estimate of drug-likeness (QED) is 0.689. The lowest BCUT2D eigenvalue weighted by molar-refractivity contribution is -0.134. The van der Waals surface area contributed by atoms with E-state index in [-0.39, 0.29) is 18.4 Å². The van der Waals surface area contributed by atoms with Gasteiger partial charge < -0.3 is 15.2 Å². The van der Waals surface area contributed by atoms with Crippen LogP contribution in [0.15, 0.2) is 60.8 Å². The Bertz CT molecular complexity index is 886. The number of rotatable bonds is 7. The topological polar surface area (TPSA) is 65.2 Å². The Labute approximate surface area is 153 Å². The molecule has 3 aromatic rings. The molecule has 1 heterocycles. The van der Waals surface area contributed by atoms with Gasteiger partial charge >= 0.3 is 0 Å². The predicted octanol–water partition coefficient (Wildman–Crippen LogP) is 2.88. The Kier molecular flexibility index (Phi) is 5.69. The number of nitrogens with one attached hydrogen (secondary N) is 2. The van der Waals surface area contributed by atoms with Gasteiger partial charge in [0.2, 0.25) is 11.8 Å². The second-order valence-corrected chi connectivity index (χ2v) is 6.31. The van der Waals surface area contributed by atoms with Gasteiger partial charge in [-0.05, 0) is 23.6 Å². The highest BCUT2D eigenvalue weighted by atomic mass is 16.2. The number of H-pyrrole nitrogens is 1. The van der Waals surface area contributed by atoms with Gasteiger partial charge in [0.25, 0.3) is 0 Å². The van der Waals surface area contributed by atoms with E-state index < -0.39 is 0 Å². The first kappa shape index (κ1) is 17.7. The number of benzene rings is 2. The molecule has 0 aliphatic carbocycles. The molecule has 0 saturated carbocycles. The zero-order chi connectivity index (χ0) is 18.4. The molecule has 0 fully saturated rings. The van der Waals surface area contributed by atoms with Crippen LogP contribution in [0.5, 0.6) is 0 Å². The van der Waals surface area contributed by atoms with Gasteiger partial charge in [-0.1, -0.05) is 48.5 Å². The number of nitrogens with zero attached hydrogens (tertiary/aromatic N) is 1. The third-order valence-electron chi connectivity index (χ3n) is 4.44. The molecule has 0 atom stereocenters. The number of hydrogen-bond acceptors (Lipinski definition) is 2. The van der Waals surface area contributed by atoms with Gasteiger partial charge in [-0.15, -0.1) is 0 Å². The Balaban J connectivity index is 1.55. The SMILES string of the molecule is CC(=O)N(CCc1c[nH]c2ccccc12)CC(=O)NCc1ccccc1. The molecule has 0 bridgehead atoms. The van der Waals surface area contributed by atoms with E-state index in [1.165, 1.54) is 6.92 Å². The number of para-hydroxylation sites is 1. The third-order valence-corrected chi connectivity index (χ3v) is 4.44. The number of carbonyl (C=O) groups excluding carboxylic acids is 2. The Morgan fingerprint density at radius 3 is 2.54 bits per heavy atom. The number of carbonyl (C=O) groups is 2. The molecule has 0 unspecified atom stereocenters. The summed E-state index contributed by atoms with van der Waals surface area (Å²) in [5.41, 5.74) is 3.27. The van der Waals surface area contributed by atoms with E-state index in [4.69, 9.17) is 0 Å². The smallest absolute Gasteiger partial charge is 0.239 e. The van der Waals surface area contributed by atoms with Crippen LogP contribution in [0.3, 0.4) is 0 Å². The highest BCUT2D eigenvalue weighted by Gasteiger charge is 2.14. The minimum atomic E-state index is -0.150. The highest BCUT2D eigenvalue weighted by molar-refractivity contribution is 5.84.